The molecule has 0 saturated heterocycles. The number of rotatable bonds is 11. The van der Waals surface area contributed by atoms with Crippen LogP contribution in [-0.4, -0.2) is 60.1 Å². The largest absolute Gasteiger partial charge is 0.454 e. The van der Waals surface area contributed by atoms with E-state index in [4.69, 9.17) is 18.9 Å². The Kier molecular flexibility index (Phi) is 11.9. The van der Waals surface area contributed by atoms with Crippen molar-refractivity contribution in [1.29, 1.82) is 10.5 Å². The van der Waals surface area contributed by atoms with Gasteiger partial charge in [0.25, 0.3) is 11.8 Å². The van der Waals surface area contributed by atoms with Gasteiger partial charge in [-0.3, -0.25) is 28.8 Å². The Morgan fingerprint density at radius 1 is 0.583 bits per heavy atom. The third-order valence-corrected chi connectivity index (χ3v) is 10.1. The maximum Gasteiger partial charge on any atom is 0.303 e. The van der Waals surface area contributed by atoms with Crippen molar-refractivity contribution in [3.63, 3.8) is 0 Å². The fourth-order valence-corrected chi connectivity index (χ4v) is 8.28. The predicted molar refractivity (Wildman–Crippen MR) is 171 cm³/mol. The number of hydrogen-bond donors (Lipinski definition) is 2. The van der Waals surface area contributed by atoms with E-state index >= 15 is 0 Å². The molecule has 0 fully saturated rings. The molecule has 2 heterocycles. The highest BCUT2D eigenvalue weighted by Crippen LogP contribution is 2.39. The minimum absolute atomic E-state index is 0.178. The zero-order valence-corrected chi connectivity index (χ0v) is 28.4. The smallest absolute Gasteiger partial charge is 0.303 e. The van der Waals surface area contributed by atoms with Crippen molar-refractivity contribution in [1.82, 2.24) is 0 Å². The summed E-state index contributed by atoms with van der Waals surface area (Å²) in [6.45, 7) is 3.90. The van der Waals surface area contributed by atoms with Crippen LogP contribution in [0.2, 0.25) is 0 Å². The van der Waals surface area contributed by atoms with Crippen LogP contribution in [0, 0.1) is 22.7 Å². The van der Waals surface area contributed by atoms with Gasteiger partial charge in [-0.05, 0) is 62.5 Å². The normalized spacial score (nSPS) is 15.8. The zero-order valence-electron chi connectivity index (χ0n) is 26.8. The number of ether oxygens (including phenoxy) is 4. The summed E-state index contributed by atoms with van der Waals surface area (Å²) in [5.74, 6) is -6.18. The van der Waals surface area contributed by atoms with E-state index in [1.54, 1.807) is 0 Å². The number of aryl methyl sites for hydroxylation is 2. The van der Waals surface area contributed by atoms with Gasteiger partial charge >= 0.3 is 23.9 Å². The Morgan fingerprint density at radius 3 is 1.23 bits per heavy atom. The fraction of sp³-hybridized carbons (Fsp3) is 0.500. The second-order valence-electron chi connectivity index (χ2n) is 11.2. The van der Waals surface area contributed by atoms with Crippen molar-refractivity contribution >= 4 is 68.4 Å². The van der Waals surface area contributed by atoms with Crippen LogP contribution in [0.5, 0.6) is 0 Å². The lowest BCUT2D eigenvalue weighted by molar-refractivity contribution is -0.198. The summed E-state index contributed by atoms with van der Waals surface area (Å²) in [7, 11) is 0. The fourth-order valence-electron chi connectivity index (χ4n) is 5.79. The summed E-state index contributed by atoms with van der Waals surface area (Å²) in [6.07, 6.45) is -1.93. The van der Waals surface area contributed by atoms with Gasteiger partial charge in [0.1, 0.15) is 22.1 Å². The van der Waals surface area contributed by atoms with Crippen LogP contribution in [0.3, 0.4) is 0 Å². The van der Waals surface area contributed by atoms with Crippen LogP contribution in [-0.2, 0) is 73.4 Å². The molecular weight excluding hydrogens is 665 g/mol. The van der Waals surface area contributed by atoms with Crippen molar-refractivity contribution in [3.8, 4) is 12.1 Å². The Bertz CT molecular complexity index is 1590. The number of nitrogens with one attached hydrogen (secondary N) is 2. The third kappa shape index (κ3) is 8.37. The Balaban J connectivity index is 1.76. The van der Waals surface area contributed by atoms with E-state index in [0.717, 1.165) is 74.3 Å². The molecule has 0 spiro atoms. The third-order valence-electron chi connectivity index (χ3n) is 7.67. The molecule has 254 valence electrons. The van der Waals surface area contributed by atoms with E-state index in [1.165, 1.54) is 22.7 Å². The molecule has 2 aliphatic carbocycles. The molecule has 16 heteroatoms. The maximum absolute atomic E-state index is 13.9. The molecule has 14 nitrogen and oxygen atoms in total. The van der Waals surface area contributed by atoms with Crippen LogP contribution >= 0.6 is 22.7 Å². The minimum Gasteiger partial charge on any atom is -0.454 e. The van der Waals surface area contributed by atoms with Crippen LogP contribution < -0.4 is 10.6 Å². The molecule has 2 amide bonds. The van der Waals surface area contributed by atoms with E-state index in [0.29, 0.717) is 25.7 Å². The lowest BCUT2D eigenvalue weighted by Crippen LogP contribution is -2.57. The van der Waals surface area contributed by atoms with Gasteiger partial charge < -0.3 is 29.6 Å². The number of nitrogens with zero attached hydrogens (tertiary/aromatic N) is 2. The molecule has 4 rings (SSSR count). The molecule has 48 heavy (non-hydrogen) atoms. The average Bonchev–Trinajstić information content (AvgIpc) is 3.56. The molecule has 2 N–H and O–H groups in total. The van der Waals surface area contributed by atoms with Gasteiger partial charge in [0.05, 0.1) is 11.1 Å². The quantitative estimate of drug-likeness (QED) is 0.255. The van der Waals surface area contributed by atoms with Crippen molar-refractivity contribution in [3.05, 3.63) is 32.0 Å². The molecule has 0 saturated carbocycles. The van der Waals surface area contributed by atoms with Crippen LogP contribution in [0.25, 0.3) is 0 Å². The monoisotopic (exact) mass is 698 g/mol. The first-order valence-electron chi connectivity index (χ1n) is 15.2. The van der Waals surface area contributed by atoms with Crippen molar-refractivity contribution < 1.29 is 47.7 Å². The molecule has 0 radical (unpaired) electrons. The molecule has 2 aromatic rings. The second kappa shape index (κ2) is 15.9. The molecule has 2 aromatic heterocycles. The van der Waals surface area contributed by atoms with E-state index in [-0.39, 0.29) is 21.1 Å². The summed E-state index contributed by atoms with van der Waals surface area (Å²) >= 11 is 2.37. The van der Waals surface area contributed by atoms with Gasteiger partial charge in [0.2, 0.25) is 12.2 Å². The molecule has 2 aliphatic rings. The van der Waals surface area contributed by atoms with E-state index in [2.05, 4.69) is 22.8 Å². The number of nitriles is 2. The number of thiophene rings is 2. The van der Waals surface area contributed by atoms with E-state index < -0.39 is 60.1 Å². The van der Waals surface area contributed by atoms with Crippen molar-refractivity contribution in [2.75, 3.05) is 10.6 Å². The standard InChI is InChI=1S/C32H34N4O10S2/c1-15(37)43-25(27(45-17(3)39)29(41)35-31-21(13-33)19-9-5-7-11-23(19)47-31)26(44-16(2)38)28(46-18(4)40)30(42)36-32-22(14-34)20-10-6-8-12-24(20)48-32/h25-28H,5-12H2,1-4H3,(H,35,41)(H,36,42). The minimum atomic E-state index is -2.06. The van der Waals surface area contributed by atoms with Crippen molar-refractivity contribution in [2.45, 2.75) is 103 Å². The lowest BCUT2D eigenvalue weighted by Gasteiger charge is -2.34. The number of amides is 2. The van der Waals surface area contributed by atoms with Crippen LogP contribution in [0.15, 0.2) is 0 Å². The first kappa shape index (κ1) is 36.0. The van der Waals surface area contributed by atoms with E-state index in [9.17, 15) is 39.3 Å². The van der Waals surface area contributed by atoms with Gasteiger partial charge in [0, 0.05) is 37.4 Å². The number of anilines is 2. The molecular formula is C32H34N4O10S2. The van der Waals surface area contributed by atoms with Crippen molar-refractivity contribution in [2.24, 2.45) is 0 Å². The average molecular weight is 699 g/mol. The Hall–Kier alpha value is -4.80. The topological polar surface area (TPSA) is 211 Å². The summed E-state index contributed by atoms with van der Waals surface area (Å²) in [6, 6.07) is 4.21. The first-order valence-corrected chi connectivity index (χ1v) is 16.9. The highest BCUT2D eigenvalue weighted by atomic mass is 32.1. The molecule has 0 aromatic carbocycles. The van der Waals surface area contributed by atoms with Crippen LogP contribution in [0.1, 0.15) is 85.4 Å². The SMILES string of the molecule is CC(=O)OC(C(=O)Nc1sc2c(c1C#N)CCCC2)C(OC(C)=O)C(OC(C)=O)C(OC(C)=O)C(=O)Nc1sc2c(c1C#N)CCCC2. The number of carbonyl (C=O) groups is 6. The lowest BCUT2D eigenvalue weighted by atomic mass is 9.96. The number of esters is 4. The highest BCUT2D eigenvalue weighted by molar-refractivity contribution is 7.17. The van der Waals surface area contributed by atoms with Gasteiger partial charge in [-0.25, -0.2) is 0 Å². The number of fused-ring (bicyclic) bond motifs is 2. The Labute approximate surface area is 284 Å². The molecule has 0 bridgehead atoms. The first-order chi connectivity index (χ1) is 22.8. The summed E-state index contributed by atoms with van der Waals surface area (Å²) in [5, 5.41) is 25.3. The zero-order chi connectivity index (χ0) is 35.1. The summed E-state index contributed by atoms with van der Waals surface area (Å²) in [4.78, 5) is 79.1. The summed E-state index contributed by atoms with van der Waals surface area (Å²) < 4.78 is 21.5. The molecule has 4 atom stereocenters. The highest BCUT2D eigenvalue weighted by Gasteiger charge is 2.49. The van der Waals surface area contributed by atoms with Gasteiger partial charge in [-0.1, -0.05) is 0 Å². The Morgan fingerprint density at radius 2 is 0.917 bits per heavy atom. The second-order valence-corrected chi connectivity index (χ2v) is 13.5. The van der Waals surface area contributed by atoms with Crippen LogP contribution in [0.4, 0.5) is 10.0 Å². The number of hydrogen-bond acceptors (Lipinski definition) is 14. The van der Waals surface area contributed by atoms with E-state index in [1.807, 2.05) is 0 Å². The van der Waals surface area contributed by atoms with Gasteiger partial charge in [0.15, 0.2) is 12.2 Å². The molecule has 4 unspecified atom stereocenters. The van der Waals surface area contributed by atoms with Gasteiger partial charge in [-0.2, -0.15) is 10.5 Å². The summed E-state index contributed by atoms with van der Waals surface area (Å²) in [5.41, 5.74) is 2.10. The number of carbonyl (C=O) groups excluding carboxylic acids is 6. The predicted octanol–water partition coefficient (Wildman–Crippen LogP) is 3.61. The van der Waals surface area contributed by atoms with Gasteiger partial charge in [-0.15, -0.1) is 22.7 Å². The maximum atomic E-state index is 13.9. The molecule has 0 aliphatic heterocycles.